The van der Waals surface area contributed by atoms with E-state index in [0.717, 1.165) is 24.3 Å². The average Bonchev–Trinajstić information content (AvgIpc) is 2.44. The molecule has 0 saturated heterocycles. The summed E-state index contributed by atoms with van der Waals surface area (Å²) >= 11 is 0. The Hall–Kier alpha value is -0.990. The van der Waals surface area contributed by atoms with Crippen molar-refractivity contribution >= 4 is 0 Å². The minimum Gasteiger partial charge on any atom is -0.166 e. The third-order valence-corrected chi connectivity index (χ3v) is 4.33. The molecule has 0 amide bonds. The quantitative estimate of drug-likeness (QED) is 0.582. The molecule has 0 aromatic heterocycles. The molecule has 0 N–H and O–H groups in total. The first-order chi connectivity index (χ1) is 9.55. The van der Waals surface area contributed by atoms with Crippen LogP contribution in [0.1, 0.15) is 62.5 Å². The number of unbranched alkanes of at least 4 members (excludes halogenated alkanes) is 1. The van der Waals surface area contributed by atoms with Crippen molar-refractivity contribution in [1.29, 1.82) is 0 Å². The number of rotatable bonds is 5. The first-order valence-electron chi connectivity index (χ1n) is 7.72. The van der Waals surface area contributed by atoms with Gasteiger partial charge in [0, 0.05) is 0 Å². The molecule has 0 atom stereocenters. The first-order valence-corrected chi connectivity index (χ1v) is 7.72. The zero-order valence-electron chi connectivity index (χ0n) is 11.9. The van der Waals surface area contributed by atoms with Gasteiger partial charge in [-0.3, -0.25) is 0 Å². The van der Waals surface area contributed by atoms with E-state index in [2.05, 4.69) is 0 Å². The van der Waals surface area contributed by atoms with Gasteiger partial charge < -0.3 is 0 Å². The highest BCUT2D eigenvalue weighted by atomic mass is 19.4. The molecule has 0 unspecified atom stereocenters. The Labute approximate surface area is 119 Å². The zero-order valence-corrected chi connectivity index (χ0v) is 11.9. The highest BCUT2D eigenvalue weighted by molar-refractivity contribution is 5.24. The van der Waals surface area contributed by atoms with Crippen molar-refractivity contribution in [2.24, 2.45) is 5.92 Å². The summed E-state index contributed by atoms with van der Waals surface area (Å²) in [5, 5.41) is 0. The standard InChI is InChI=1S/C17H23F3/c18-17(19,20)16-12-10-15(11-13-16)9-5-4-8-14-6-2-1-3-7-14/h10-14H,1-9H2. The molecule has 1 aromatic carbocycles. The smallest absolute Gasteiger partial charge is 0.166 e. The minimum absolute atomic E-state index is 0.552. The van der Waals surface area contributed by atoms with Gasteiger partial charge in [0.1, 0.15) is 0 Å². The molecule has 1 aliphatic rings. The lowest BCUT2D eigenvalue weighted by molar-refractivity contribution is -0.137. The largest absolute Gasteiger partial charge is 0.416 e. The average molecular weight is 284 g/mol. The fourth-order valence-corrected chi connectivity index (χ4v) is 3.10. The molecule has 2 rings (SSSR count). The molecule has 0 bridgehead atoms. The van der Waals surface area contributed by atoms with Crippen LogP contribution in [0.25, 0.3) is 0 Å². The van der Waals surface area contributed by atoms with Gasteiger partial charge in [-0.15, -0.1) is 0 Å². The molecule has 0 nitrogen and oxygen atoms in total. The summed E-state index contributed by atoms with van der Waals surface area (Å²) < 4.78 is 37.3. The SMILES string of the molecule is FC(F)(F)c1ccc(CCCCC2CCCCC2)cc1. The van der Waals surface area contributed by atoms with E-state index in [0.29, 0.717) is 0 Å². The van der Waals surface area contributed by atoms with Gasteiger partial charge in [-0.2, -0.15) is 13.2 Å². The van der Waals surface area contributed by atoms with Crippen molar-refractivity contribution in [3.8, 4) is 0 Å². The number of hydrogen-bond donors (Lipinski definition) is 0. The topological polar surface area (TPSA) is 0 Å². The predicted octanol–water partition coefficient (Wildman–Crippen LogP) is 6.00. The molecule has 20 heavy (non-hydrogen) atoms. The molecule has 3 heteroatoms. The van der Waals surface area contributed by atoms with Crippen LogP contribution in [-0.2, 0) is 12.6 Å². The van der Waals surface area contributed by atoms with Crippen LogP contribution in [0.4, 0.5) is 13.2 Å². The van der Waals surface area contributed by atoms with Crippen molar-refractivity contribution in [2.45, 2.75) is 64.0 Å². The fourth-order valence-electron chi connectivity index (χ4n) is 3.10. The zero-order chi connectivity index (χ0) is 14.4. The van der Waals surface area contributed by atoms with E-state index in [-0.39, 0.29) is 0 Å². The summed E-state index contributed by atoms with van der Waals surface area (Å²) in [5.41, 5.74) is 0.463. The summed E-state index contributed by atoms with van der Waals surface area (Å²) in [6.45, 7) is 0. The fraction of sp³-hybridized carbons (Fsp3) is 0.647. The number of hydrogen-bond acceptors (Lipinski definition) is 0. The lowest BCUT2D eigenvalue weighted by Gasteiger charge is -2.21. The number of benzene rings is 1. The van der Waals surface area contributed by atoms with E-state index in [1.54, 1.807) is 12.1 Å². The highest BCUT2D eigenvalue weighted by Crippen LogP contribution is 2.30. The van der Waals surface area contributed by atoms with Crippen LogP contribution >= 0.6 is 0 Å². The maximum Gasteiger partial charge on any atom is 0.416 e. The van der Waals surface area contributed by atoms with Gasteiger partial charge in [0.05, 0.1) is 5.56 Å². The summed E-state index contributed by atoms with van der Waals surface area (Å²) in [6.07, 6.45) is 7.15. The maximum absolute atomic E-state index is 12.4. The second-order valence-corrected chi connectivity index (χ2v) is 5.94. The van der Waals surface area contributed by atoms with Crippen LogP contribution in [0.5, 0.6) is 0 Å². The van der Waals surface area contributed by atoms with Crippen LogP contribution in [0.2, 0.25) is 0 Å². The van der Waals surface area contributed by atoms with Gasteiger partial charge in [-0.05, 0) is 36.5 Å². The highest BCUT2D eigenvalue weighted by Gasteiger charge is 2.29. The summed E-state index contributed by atoms with van der Waals surface area (Å²) in [6, 6.07) is 5.61. The van der Waals surface area contributed by atoms with E-state index < -0.39 is 11.7 Å². The second kappa shape index (κ2) is 7.14. The van der Waals surface area contributed by atoms with Crippen molar-refractivity contribution in [2.75, 3.05) is 0 Å². The molecule has 1 aromatic rings. The molecular weight excluding hydrogens is 261 g/mol. The van der Waals surface area contributed by atoms with Gasteiger partial charge in [-0.25, -0.2) is 0 Å². The Morgan fingerprint density at radius 3 is 2.15 bits per heavy atom. The summed E-state index contributed by atoms with van der Waals surface area (Å²) in [5.74, 6) is 0.899. The third kappa shape index (κ3) is 4.84. The Kier molecular flexibility index (Phi) is 5.50. The normalized spacial score (nSPS) is 17.4. The van der Waals surface area contributed by atoms with Crippen molar-refractivity contribution < 1.29 is 13.2 Å². The molecule has 0 radical (unpaired) electrons. The predicted molar refractivity (Wildman–Crippen MR) is 75.6 cm³/mol. The van der Waals surface area contributed by atoms with Crippen molar-refractivity contribution in [3.63, 3.8) is 0 Å². The van der Waals surface area contributed by atoms with E-state index in [9.17, 15) is 13.2 Å². The molecule has 0 aliphatic heterocycles. The van der Waals surface area contributed by atoms with Gasteiger partial charge in [0.25, 0.3) is 0 Å². The van der Waals surface area contributed by atoms with Crippen LogP contribution in [0, 0.1) is 5.92 Å². The summed E-state index contributed by atoms with van der Waals surface area (Å²) in [4.78, 5) is 0. The molecule has 1 saturated carbocycles. The number of alkyl halides is 3. The van der Waals surface area contributed by atoms with E-state index >= 15 is 0 Å². The Bertz CT molecular complexity index is 386. The molecular formula is C17H23F3. The van der Waals surface area contributed by atoms with Crippen molar-refractivity contribution in [3.05, 3.63) is 35.4 Å². The van der Waals surface area contributed by atoms with E-state index in [1.807, 2.05) is 0 Å². The van der Waals surface area contributed by atoms with Gasteiger partial charge in [0.2, 0.25) is 0 Å². The minimum atomic E-state index is -4.22. The van der Waals surface area contributed by atoms with E-state index in [1.165, 1.54) is 57.1 Å². The van der Waals surface area contributed by atoms with Crippen molar-refractivity contribution in [1.82, 2.24) is 0 Å². The molecule has 0 heterocycles. The van der Waals surface area contributed by atoms with Crippen LogP contribution in [0.3, 0.4) is 0 Å². The Morgan fingerprint density at radius 1 is 0.900 bits per heavy atom. The van der Waals surface area contributed by atoms with Gasteiger partial charge in [-0.1, -0.05) is 57.1 Å². The van der Waals surface area contributed by atoms with E-state index in [4.69, 9.17) is 0 Å². The van der Waals surface area contributed by atoms with Crippen LogP contribution in [-0.4, -0.2) is 0 Å². The monoisotopic (exact) mass is 284 g/mol. The molecule has 1 fully saturated rings. The first kappa shape index (κ1) is 15.4. The maximum atomic E-state index is 12.4. The van der Waals surface area contributed by atoms with Gasteiger partial charge in [0.15, 0.2) is 0 Å². The number of halogens is 3. The van der Waals surface area contributed by atoms with Gasteiger partial charge >= 0.3 is 6.18 Å². The lowest BCUT2D eigenvalue weighted by atomic mass is 9.85. The Morgan fingerprint density at radius 2 is 1.55 bits per heavy atom. The summed E-state index contributed by atoms with van der Waals surface area (Å²) in [7, 11) is 0. The molecule has 112 valence electrons. The Balaban J connectivity index is 1.68. The molecule has 1 aliphatic carbocycles. The van der Waals surface area contributed by atoms with Crippen LogP contribution < -0.4 is 0 Å². The molecule has 0 spiro atoms. The van der Waals surface area contributed by atoms with Crippen LogP contribution in [0.15, 0.2) is 24.3 Å². The number of aryl methyl sites for hydroxylation is 1. The second-order valence-electron chi connectivity index (χ2n) is 5.94. The third-order valence-electron chi connectivity index (χ3n) is 4.33. The lowest BCUT2D eigenvalue weighted by Crippen LogP contribution is -2.06.